The lowest BCUT2D eigenvalue weighted by Crippen LogP contribution is -2.36. The van der Waals surface area contributed by atoms with Crippen LogP contribution in [0.1, 0.15) is 28.7 Å². The van der Waals surface area contributed by atoms with Gasteiger partial charge in [-0.3, -0.25) is 4.99 Å². The van der Waals surface area contributed by atoms with Crippen LogP contribution in [-0.4, -0.2) is 13.0 Å². The fourth-order valence-corrected chi connectivity index (χ4v) is 3.39. The number of hydrogen-bond acceptors (Lipinski definition) is 2. The maximum absolute atomic E-state index is 4.27. The highest BCUT2D eigenvalue weighted by atomic mass is 32.1. The van der Waals surface area contributed by atoms with Crippen molar-refractivity contribution in [3.63, 3.8) is 0 Å². The summed E-state index contributed by atoms with van der Waals surface area (Å²) in [7, 11) is 1.81. The highest BCUT2D eigenvalue weighted by molar-refractivity contribution is 7.07. The summed E-state index contributed by atoms with van der Waals surface area (Å²) in [4.78, 5) is 4.27. The molecule has 0 unspecified atom stereocenters. The Labute approximate surface area is 130 Å². The van der Waals surface area contributed by atoms with Crippen LogP contribution >= 0.6 is 11.3 Å². The van der Waals surface area contributed by atoms with Gasteiger partial charge in [0.15, 0.2) is 5.96 Å². The van der Waals surface area contributed by atoms with Gasteiger partial charge >= 0.3 is 0 Å². The van der Waals surface area contributed by atoms with Gasteiger partial charge in [-0.2, -0.15) is 11.3 Å². The molecule has 0 atom stereocenters. The molecule has 0 amide bonds. The molecule has 3 nitrogen and oxygen atoms in total. The topological polar surface area (TPSA) is 36.4 Å². The molecule has 0 saturated heterocycles. The number of guanidine groups is 1. The van der Waals surface area contributed by atoms with Crippen molar-refractivity contribution in [2.45, 2.75) is 32.4 Å². The number of thiophene rings is 1. The maximum Gasteiger partial charge on any atom is 0.191 e. The van der Waals surface area contributed by atoms with E-state index in [0.717, 1.165) is 19.0 Å². The number of rotatable bonds is 4. The molecule has 1 heterocycles. The number of hydrogen-bond donors (Lipinski definition) is 2. The zero-order valence-electron chi connectivity index (χ0n) is 12.4. The van der Waals surface area contributed by atoms with Gasteiger partial charge in [0.1, 0.15) is 0 Å². The van der Waals surface area contributed by atoms with Crippen LogP contribution in [-0.2, 0) is 25.9 Å². The third kappa shape index (κ3) is 3.64. The molecule has 1 aliphatic rings. The second kappa shape index (κ2) is 6.76. The third-order valence-corrected chi connectivity index (χ3v) is 4.62. The SMILES string of the molecule is CN=C(NCc1ccsc1)NCc1ccc2c(c1)CCC2. The van der Waals surface area contributed by atoms with Gasteiger partial charge in [-0.15, -0.1) is 0 Å². The predicted octanol–water partition coefficient (Wildman–Crippen LogP) is 3.10. The molecular weight excluding hydrogens is 278 g/mol. The fraction of sp³-hybridized carbons (Fsp3) is 0.353. The molecule has 2 aromatic rings. The third-order valence-electron chi connectivity index (χ3n) is 3.89. The summed E-state index contributed by atoms with van der Waals surface area (Å²) in [5.41, 5.74) is 5.67. The lowest BCUT2D eigenvalue weighted by atomic mass is 10.1. The van der Waals surface area contributed by atoms with E-state index in [1.165, 1.54) is 41.5 Å². The summed E-state index contributed by atoms with van der Waals surface area (Å²) < 4.78 is 0. The van der Waals surface area contributed by atoms with Crippen LogP contribution in [0, 0.1) is 0 Å². The van der Waals surface area contributed by atoms with Crippen molar-refractivity contribution in [2.75, 3.05) is 7.05 Å². The summed E-state index contributed by atoms with van der Waals surface area (Å²) >= 11 is 1.72. The molecule has 2 N–H and O–H groups in total. The van der Waals surface area contributed by atoms with Crippen molar-refractivity contribution in [3.05, 3.63) is 57.3 Å². The van der Waals surface area contributed by atoms with Crippen LogP contribution in [0.4, 0.5) is 0 Å². The Bertz CT molecular complexity index is 617. The molecule has 3 rings (SSSR count). The summed E-state index contributed by atoms with van der Waals surface area (Å²) in [5, 5.41) is 11.0. The molecule has 21 heavy (non-hydrogen) atoms. The van der Waals surface area contributed by atoms with Gasteiger partial charge < -0.3 is 10.6 Å². The molecule has 1 aliphatic carbocycles. The van der Waals surface area contributed by atoms with Gasteiger partial charge in [-0.1, -0.05) is 18.2 Å². The largest absolute Gasteiger partial charge is 0.352 e. The molecule has 0 radical (unpaired) electrons. The van der Waals surface area contributed by atoms with Gasteiger partial charge in [-0.05, 0) is 58.3 Å². The van der Waals surface area contributed by atoms with E-state index in [0.29, 0.717) is 0 Å². The van der Waals surface area contributed by atoms with Gasteiger partial charge in [0.2, 0.25) is 0 Å². The normalized spacial score (nSPS) is 14.0. The molecule has 0 fully saturated rings. The lowest BCUT2D eigenvalue weighted by molar-refractivity contribution is 0.810. The van der Waals surface area contributed by atoms with E-state index >= 15 is 0 Å². The number of fused-ring (bicyclic) bond motifs is 1. The number of aliphatic imine (C=N–C) groups is 1. The van der Waals surface area contributed by atoms with E-state index in [4.69, 9.17) is 0 Å². The monoisotopic (exact) mass is 299 g/mol. The van der Waals surface area contributed by atoms with Crippen molar-refractivity contribution < 1.29 is 0 Å². The molecular formula is C17H21N3S. The van der Waals surface area contributed by atoms with E-state index in [1.54, 1.807) is 11.3 Å². The van der Waals surface area contributed by atoms with Gasteiger partial charge in [0.05, 0.1) is 0 Å². The van der Waals surface area contributed by atoms with Gasteiger partial charge in [0, 0.05) is 20.1 Å². The van der Waals surface area contributed by atoms with Crippen molar-refractivity contribution >= 4 is 17.3 Å². The van der Waals surface area contributed by atoms with Crippen LogP contribution in [0.5, 0.6) is 0 Å². The Morgan fingerprint density at radius 2 is 1.90 bits per heavy atom. The molecule has 0 bridgehead atoms. The molecule has 1 aromatic heterocycles. The highest BCUT2D eigenvalue weighted by Gasteiger charge is 2.10. The van der Waals surface area contributed by atoms with E-state index in [1.807, 2.05) is 7.05 Å². The van der Waals surface area contributed by atoms with Crippen LogP contribution in [0.2, 0.25) is 0 Å². The number of nitrogens with one attached hydrogen (secondary N) is 2. The summed E-state index contributed by atoms with van der Waals surface area (Å²) in [6.45, 7) is 1.63. The average molecular weight is 299 g/mol. The zero-order valence-corrected chi connectivity index (χ0v) is 13.2. The average Bonchev–Trinajstić information content (AvgIpc) is 3.18. The van der Waals surface area contributed by atoms with E-state index < -0.39 is 0 Å². The van der Waals surface area contributed by atoms with Crippen molar-refractivity contribution in [2.24, 2.45) is 4.99 Å². The fourth-order valence-electron chi connectivity index (χ4n) is 2.72. The second-order valence-electron chi connectivity index (χ2n) is 5.37. The molecule has 0 spiro atoms. The minimum atomic E-state index is 0.813. The van der Waals surface area contributed by atoms with Crippen LogP contribution in [0.3, 0.4) is 0 Å². The molecule has 110 valence electrons. The smallest absolute Gasteiger partial charge is 0.191 e. The quantitative estimate of drug-likeness (QED) is 0.672. The molecule has 4 heteroatoms. The first-order valence-electron chi connectivity index (χ1n) is 7.41. The number of aryl methyl sites for hydroxylation is 2. The Balaban J connectivity index is 1.53. The van der Waals surface area contributed by atoms with Crippen molar-refractivity contribution in [1.82, 2.24) is 10.6 Å². The Kier molecular flexibility index (Phi) is 4.55. The number of nitrogens with zero attached hydrogens (tertiary/aromatic N) is 1. The molecule has 1 aromatic carbocycles. The first-order chi connectivity index (χ1) is 10.3. The molecule has 0 saturated carbocycles. The van der Waals surface area contributed by atoms with Crippen molar-refractivity contribution in [1.29, 1.82) is 0 Å². The van der Waals surface area contributed by atoms with Gasteiger partial charge in [0.25, 0.3) is 0 Å². The molecule has 0 aliphatic heterocycles. The van der Waals surface area contributed by atoms with Crippen molar-refractivity contribution in [3.8, 4) is 0 Å². The Morgan fingerprint density at radius 3 is 2.67 bits per heavy atom. The lowest BCUT2D eigenvalue weighted by Gasteiger charge is -2.12. The maximum atomic E-state index is 4.27. The minimum absolute atomic E-state index is 0.813. The van der Waals surface area contributed by atoms with Crippen LogP contribution in [0.15, 0.2) is 40.0 Å². The Hall–Kier alpha value is -1.81. The van der Waals surface area contributed by atoms with E-state index in [2.05, 4.69) is 50.7 Å². The van der Waals surface area contributed by atoms with E-state index in [9.17, 15) is 0 Å². The van der Waals surface area contributed by atoms with Gasteiger partial charge in [-0.25, -0.2) is 0 Å². The zero-order chi connectivity index (χ0) is 14.5. The van der Waals surface area contributed by atoms with Crippen LogP contribution < -0.4 is 10.6 Å². The summed E-state index contributed by atoms with van der Waals surface area (Å²) in [5.74, 6) is 0.849. The predicted molar refractivity (Wildman–Crippen MR) is 89.8 cm³/mol. The number of benzene rings is 1. The minimum Gasteiger partial charge on any atom is -0.352 e. The first-order valence-corrected chi connectivity index (χ1v) is 8.36. The Morgan fingerprint density at radius 1 is 1.10 bits per heavy atom. The first kappa shape index (κ1) is 14.1. The van der Waals surface area contributed by atoms with E-state index in [-0.39, 0.29) is 0 Å². The standard InChI is InChI=1S/C17H21N3S/c1-18-17(20-11-14-7-8-21-12-14)19-10-13-5-6-15-3-2-4-16(15)9-13/h5-9,12H,2-4,10-11H2,1H3,(H2,18,19,20). The summed E-state index contributed by atoms with van der Waals surface area (Å²) in [6, 6.07) is 8.97. The van der Waals surface area contributed by atoms with Crippen LogP contribution in [0.25, 0.3) is 0 Å². The highest BCUT2D eigenvalue weighted by Crippen LogP contribution is 2.22. The summed E-state index contributed by atoms with van der Waals surface area (Å²) in [6.07, 6.45) is 3.78. The second-order valence-corrected chi connectivity index (χ2v) is 6.15.